The van der Waals surface area contributed by atoms with Crippen LogP contribution in [0.15, 0.2) is 61.4 Å². The van der Waals surface area contributed by atoms with E-state index in [4.69, 9.17) is 20.6 Å². The SMILES string of the molecule is C#Cc1cccc(Nc2ncnc3cc(OCCn4ccnc4)c(OCCOC)cc23)c1. The summed E-state index contributed by atoms with van der Waals surface area (Å²) in [4.78, 5) is 12.9. The van der Waals surface area contributed by atoms with Gasteiger partial charge in [-0.1, -0.05) is 12.0 Å². The average molecular weight is 429 g/mol. The van der Waals surface area contributed by atoms with Gasteiger partial charge in [-0.2, -0.15) is 0 Å². The van der Waals surface area contributed by atoms with Gasteiger partial charge >= 0.3 is 0 Å². The molecule has 0 amide bonds. The van der Waals surface area contributed by atoms with Gasteiger partial charge in [0, 0.05) is 42.2 Å². The number of ether oxygens (including phenoxy) is 3. The average Bonchev–Trinajstić information content (AvgIpc) is 3.33. The highest BCUT2D eigenvalue weighted by Crippen LogP contribution is 2.35. The predicted molar refractivity (Wildman–Crippen MR) is 122 cm³/mol. The van der Waals surface area contributed by atoms with Gasteiger partial charge in [-0.3, -0.25) is 0 Å². The molecule has 2 heterocycles. The maximum atomic E-state index is 6.02. The van der Waals surface area contributed by atoms with Crippen LogP contribution in [0.5, 0.6) is 11.5 Å². The lowest BCUT2D eigenvalue weighted by Crippen LogP contribution is -2.09. The third-order valence-corrected chi connectivity index (χ3v) is 4.70. The molecule has 0 atom stereocenters. The molecule has 0 spiro atoms. The van der Waals surface area contributed by atoms with E-state index in [9.17, 15) is 0 Å². The van der Waals surface area contributed by atoms with Gasteiger partial charge in [-0.15, -0.1) is 6.42 Å². The Morgan fingerprint density at radius 2 is 1.94 bits per heavy atom. The minimum atomic E-state index is 0.389. The second-order valence-corrected chi connectivity index (χ2v) is 6.88. The number of hydrogen-bond donors (Lipinski definition) is 1. The van der Waals surface area contributed by atoms with Crippen LogP contribution in [0.3, 0.4) is 0 Å². The van der Waals surface area contributed by atoms with Crippen molar-refractivity contribution in [1.82, 2.24) is 19.5 Å². The number of nitrogens with one attached hydrogen (secondary N) is 1. The first-order valence-corrected chi connectivity index (χ1v) is 10.1. The van der Waals surface area contributed by atoms with Crippen molar-refractivity contribution in [1.29, 1.82) is 0 Å². The van der Waals surface area contributed by atoms with Gasteiger partial charge in [0.25, 0.3) is 0 Å². The van der Waals surface area contributed by atoms with E-state index in [-0.39, 0.29) is 0 Å². The third kappa shape index (κ3) is 5.14. The summed E-state index contributed by atoms with van der Waals surface area (Å²) in [7, 11) is 1.63. The number of fused-ring (bicyclic) bond motifs is 1. The van der Waals surface area contributed by atoms with Crippen molar-refractivity contribution in [2.45, 2.75) is 6.54 Å². The number of hydrogen-bond acceptors (Lipinski definition) is 7. The van der Waals surface area contributed by atoms with E-state index in [0.717, 1.165) is 22.2 Å². The number of rotatable bonds is 10. The Balaban J connectivity index is 1.62. The van der Waals surface area contributed by atoms with Crippen molar-refractivity contribution in [3.05, 3.63) is 67.0 Å². The van der Waals surface area contributed by atoms with Crippen LogP contribution < -0.4 is 14.8 Å². The Morgan fingerprint density at radius 1 is 1.06 bits per heavy atom. The van der Waals surface area contributed by atoms with Crippen molar-refractivity contribution in [2.75, 3.05) is 32.2 Å². The van der Waals surface area contributed by atoms with Crippen LogP contribution >= 0.6 is 0 Å². The molecule has 0 aliphatic heterocycles. The summed E-state index contributed by atoms with van der Waals surface area (Å²) < 4.78 is 19.0. The van der Waals surface area contributed by atoms with Crippen LogP contribution in [-0.2, 0) is 11.3 Å². The number of nitrogens with zero attached hydrogens (tertiary/aromatic N) is 4. The fourth-order valence-corrected chi connectivity index (χ4v) is 3.13. The zero-order valence-corrected chi connectivity index (χ0v) is 17.7. The molecule has 32 heavy (non-hydrogen) atoms. The Kier molecular flexibility index (Phi) is 6.80. The van der Waals surface area contributed by atoms with Gasteiger partial charge in [0.05, 0.1) is 25.0 Å². The minimum Gasteiger partial charge on any atom is -0.488 e. The second kappa shape index (κ2) is 10.3. The van der Waals surface area contributed by atoms with Crippen LogP contribution in [0.4, 0.5) is 11.5 Å². The molecule has 0 saturated carbocycles. The van der Waals surface area contributed by atoms with Gasteiger partial charge in [-0.25, -0.2) is 15.0 Å². The number of imidazole rings is 1. The van der Waals surface area contributed by atoms with Crippen molar-refractivity contribution >= 4 is 22.4 Å². The molecule has 8 heteroatoms. The molecule has 2 aromatic heterocycles. The molecule has 0 fully saturated rings. The topological polar surface area (TPSA) is 83.3 Å². The zero-order valence-electron chi connectivity index (χ0n) is 17.7. The van der Waals surface area contributed by atoms with Crippen LogP contribution in [-0.4, -0.2) is 46.4 Å². The number of anilines is 2. The lowest BCUT2D eigenvalue weighted by atomic mass is 10.2. The Labute approximate surface area is 186 Å². The van der Waals surface area contributed by atoms with Gasteiger partial charge in [0.15, 0.2) is 11.5 Å². The summed E-state index contributed by atoms with van der Waals surface area (Å²) in [6.07, 6.45) is 12.4. The summed E-state index contributed by atoms with van der Waals surface area (Å²) >= 11 is 0. The lowest BCUT2D eigenvalue weighted by molar-refractivity contribution is 0.143. The van der Waals surface area contributed by atoms with Crippen LogP contribution in [0.25, 0.3) is 10.9 Å². The molecule has 8 nitrogen and oxygen atoms in total. The zero-order chi connectivity index (χ0) is 22.2. The summed E-state index contributed by atoms with van der Waals surface area (Å²) in [5.41, 5.74) is 2.35. The maximum absolute atomic E-state index is 6.02. The lowest BCUT2D eigenvalue weighted by Gasteiger charge is -2.15. The first-order chi connectivity index (χ1) is 15.8. The molecule has 4 aromatic rings. The van der Waals surface area contributed by atoms with Crippen molar-refractivity contribution in [3.63, 3.8) is 0 Å². The van der Waals surface area contributed by atoms with E-state index in [1.165, 1.54) is 6.33 Å². The second-order valence-electron chi connectivity index (χ2n) is 6.88. The van der Waals surface area contributed by atoms with Gasteiger partial charge < -0.3 is 24.1 Å². The van der Waals surface area contributed by atoms with Crippen molar-refractivity contribution < 1.29 is 14.2 Å². The highest BCUT2D eigenvalue weighted by molar-refractivity contribution is 5.93. The highest BCUT2D eigenvalue weighted by atomic mass is 16.5. The molecule has 0 radical (unpaired) electrons. The number of methoxy groups -OCH3 is 1. The standard InChI is InChI=1S/C24H23N5O3/c1-3-18-5-4-6-19(13-18)28-24-20-14-22(32-12-11-30-2)23(15-21(20)26-16-27-24)31-10-9-29-8-7-25-17-29/h1,4-8,13-17H,9-12H2,2H3,(H,26,27,28). The molecule has 4 rings (SSSR count). The van der Waals surface area contributed by atoms with Gasteiger partial charge in [0.1, 0.15) is 25.4 Å². The molecular formula is C24H23N5O3. The number of aromatic nitrogens is 4. The first kappa shape index (κ1) is 21.2. The molecule has 162 valence electrons. The van der Waals surface area contributed by atoms with E-state index >= 15 is 0 Å². The largest absolute Gasteiger partial charge is 0.488 e. The van der Waals surface area contributed by atoms with Crippen LogP contribution in [0.1, 0.15) is 5.56 Å². The Bertz CT molecular complexity index is 1220. The van der Waals surface area contributed by atoms with Gasteiger partial charge in [-0.05, 0) is 24.3 Å². The fraction of sp³-hybridized carbons (Fsp3) is 0.208. The van der Waals surface area contributed by atoms with E-state index in [1.807, 2.05) is 47.2 Å². The van der Waals surface area contributed by atoms with Crippen molar-refractivity contribution in [2.24, 2.45) is 0 Å². The quantitative estimate of drug-likeness (QED) is 0.304. The minimum absolute atomic E-state index is 0.389. The smallest absolute Gasteiger partial charge is 0.163 e. The molecule has 0 saturated heterocycles. The molecule has 1 N–H and O–H groups in total. The molecule has 0 unspecified atom stereocenters. The molecule has 2 aromatic carbocycles. The summed E-state index contributed by atoms with van der Waals surface area (Å²) in [6.45, 7) is 1.97. The summed E-state index contributed by atoms with van der Waals surface area (Å²) in [5, 5.41) is 4.12. The fourth-order valence-electron chi connectivity index (χ4n) is 3.13. The molecular weight excluding hydrogens is 406 g/mol. The normalized spacial score (nSPS) is 10.6. The molecule has 0 aliphatic rings. The van der Waals surface area contributed by atoms with E-state index in [0.29, 0.717) is 43.7 Å². The van der Waals surface area contributed by atoms with Gasteiger partial charge in [0.2, 0.25) is 0 Å². The van der Waals surface area contributed by atoms with E-state index < -0.39 is 0 Å². The van der Waals surface area contributed by atoms with Crippen LogP contribution in [0, 0.1) is 12.3 Å². The van der Waals surface area contributed by atoms with Crippen LogP contribution in [0.2, 0.25) is 0 Å². The first-order valence-electron chi connectivity index (χ1n) is 10.1. The van der Waals surface area contributed by atoms with E-state index in [1.54, 1.807) is 19.6 Å². The maximum Gasteiger partial charge on any atom is 0.163 e. The summed E-state index contributed by atoms with van der Waals surface area (Å²) in [5.74, 6) is 4.48. The molecule has 0 bridgehead atoms. The van der Waals surface area contributed by atoms with Crippen molar-refractivity contribution in [3.8, 4) is 23.8 Å². The highest BCUT2D eigenvalue weighted by Gasteiger charge is 2.13. The molecule has 0 aliphatic carbocycles. The predicted octanol–water partition coefficient (Wildman–Crippen LogP) is 3.66. The monoisotopic (exact) mass is 429 g/mol. The Hall–Kier alpha value is -4.09. The number of terminal acetylenes is 1. The Morgan fingerprint density at radius 3 is 2.75 bits per heavy atom. The van der Waals surface area contributed by atoms with E-state index in [2.05, 4.69) is 26.2 Å². The number of benzene rings is 2. The summed E-state index contributed by atoms with van der Waals surface area (Å²) in [6, 6.07) is 11.3. The third-order valence-electron chi connectivity index (χ3n) is 4.70.